The van der Waals surface area contributed by atoms with Crippen molar-refractivity contribution in [2.75, 3.05) is 78.7 Å². The molecule has 6 heterocycles. The van der Waals surface area contributed by atoms with Gasteiger partial charge in [-0.05, 0) is 176 Å². The molecular weight excluding hydrogens is 925 g/mol. The molecule has 0 saturated carbocycles. The highest BCUT2D eigenvalue weighted by atomic mass is 32.1. The van der Waals surface area contributed by atoms with Crippen molar-refractivity contribution < 1.29 is 23.8 Å². The molecule has 10 rings (SSSR count). The summed E-state index contributed by atoms with van der Waals surface area (Å²) in [5, 5.41) is 7.75. The first kappa shape index (κ1) is 49.4. The van der Waals surface area contributed by atoms with Gasteiger partial charge in [0, 0.05) is 60.4 Å². The molecule has 72 heavy (non-hydrogen) atoms. The molecule has 2 aromatic heterocycles. The predicted octanol–water partition coefficient (Wildman–Crippen LogP) is 9.01. The molecule has 2 unspecified atom stereocenters. The van der Waals surface area contributed by atoms with E-state index in [0.29, 0.717) is 40.7 Å². The second-order valence-corrected chi connectivity index (χ2v) is 20.1. The Balaban J connectivity index is 0.912. The van der Waals surface area contributed by atoms with Crippen LogP contribution in [0.4, 0.5) is 23.3 Å². The van der Waals surface area contributed by atoms with Crippen molar-refractivity contribution in [2.45, 2.75) is 109 Å². The van der Waals surface area contributed by atoms with Crippen LogP contribution in [0.25, 0.3) is 21.8 Å². The van der Waals surface area contributed by atoms with Crippen LogP contribution in [0.3, 0.4) is 0 Å². The number of aromatic nitrogens is 4. The van der Waals surface area contributed by atoms with Crippen LogP contribution in [0.1, 0.15) is 81.7 Å². The maximum absolute atomic E-state index is 14.9. The molecule has 6 aromatic rings. The number of hydrogen-bond donors (Lipinski definition) is 3. The first-order valence-electron chi connectivity index (χ1n) is 26.1. The Morgan fingerprint density at radius 3 is 1.42 bits per heavy atom. The van der Waals surface area contributed by atoms with Crippen LogP contribution in [-0.2, 0) is 16.0 Å². The third-order valence-corrected chi connectivity index (χ3v) is 15.1. The van der Waals surface area contributed by atoms with E-state index in [-0.39, 0.29) is 5.94 Å². The van der Waals surface area contributed by atoms with Crippen LogP contribution in [0, 0.1) is 13.8 Å². The number of nitrogens with zero attached hydrogens (tertiary/aromatic N) is 8. The van der Waals surface area contributed by atoms with Crippen molar-refractivity contribution in [3.05, 3.63) is 102 Å². The molecule has 4 aliphatic rings. The Hall–Kier alpha value is -6.23. The molecule has 0 radical (unpaired) electrons. The van der Waals surface area contributed by atoms with E-state index in [1.54, 1.807) is 24.3 Å². The zero-order valence-electron chi connectivity index (χ0n) is 41.9. The largest absolute Gasteiger partial charge is 0.483 e. The summed E-state index contributed by atoms with van der Waals surface area (Å²) >= 11 is 4.20. The highest BCUT2D eigenvalue weighted by Crippen LogP contribution is 2.31. The first-order valence-corrected chi connectivity index (χ1v) is 26.7. The summed E-state index contributed by atoms with van der Waals surface area (Å²) in [5.41, 5.74) is 5.31. The number of fused-ring (bicyclic) bond motifs is 2. The average molecular weight is 993 g/mol. The third kappa shape index (κ3) is 11.5. The zero-order valence-corrected chi connectivity index (χ0v) is 42.8. The van der Waals surface area contributed by atoms with E-state index in [1.165, 1.54) is 51.9 Å². The molecule has 4 fully saturated rings. The average Bonchev–Trinajstić information content (AvgIpc) is 4.16. The maximum atomic E-state index is 14.9. The lowest BCUT2D eigenvalue weighted by atomic mass is 10.0. The van der Waals surface area contributed by atoms with E-state index < -0.39 is 24.0 Å². The maximum Gasteiger partial charge on any atom is 0.269 e. The summed E-state index contributed by atoms with van der Waals surface area (Å²) < 4.78 is 18.7. The number of hydrogen-bond acceptors (Lipinski definition) is 14. The summed E-state index contributed by atoms with van der Waals surface area (Å²) in [5.74, 6) is 1.78. The van der Waals surface area contributed by atoms with Crippen molar-refractivity contribution in [1.29, 1.82) is 0 Å². The number of benzene rings is 4. The van der Waals surface area contributed by atoms with E-state index in [4.69, 9.17) is 34.1 Å². The third-order valence-electron chi connectivity index (χ3n) is 14.9. The fraction of sp³-hybridized carbons (Fsp3) is 0.464. The molecule has 378 valence electrons. The van der Waals surface area contributed by atoms with Crippen molar-refractivity contribution in [3.8, 4) is 17.2 Å². The molecule has 4 aromatic carbocycles. The number of aryl methyl sites for hydroxylation is 3. The van der Waals surface area contributed by atoms with Crippen molar-refractivity contribution in [2.24, 2.45) is 0 Å². The van der Waals surface area contributed by atoms with Crippen molar-refractivity contribution >= 4 is 69.5 Å². The molecule has 0 aliphatic carbocycles. The van der Waals surface area contributed by atoms with Crippen LogP contribution in [0.5, 0.6) is 17.2 Å². The lowest BCUT2D eigenvalue weighted by Gasteiger charge is -2.36. The number of likely N-dealkylation sites (tertiary alicyclic amines) is 2. The van der Waals surface area contributed by atoms with Gasteiger partial charge < -0.3 is 44.4 Å². The molecule has 0 spiro atoms. The van der Waals surface area contributed by atoms with Gasteiger partial charge in [-0.1, -0.05) is 25.5 Å². The molecule has 0 bridgehead atoms. The Labute approximate surface area is 428 Å². The monoisotopic (exact) mass is 993 g/mol. The molecule has 2 N–H and O–H groups in total. The number of carbonyl (C=O) groups excluding carboxylic acids is 2. The highest BCUT2D eigenvalue weighted by molar-refractivity contribution is 7.80. The van der Waals surface area contributed by atoms with Crippen LogP contribution in [0.15, 0.2) is 84.9 Å². The number of ether oxygens (including phenoxy) is 3. The molecular formula is C56H68N10O5S. The SMILES string of the molecule is CCCc1ccc(OC(C(=O)Nc2ccc3nc(N4CCC(N5CCCC5)CC4)nc(C)c3c2)C(Oc2ccc(OCS)cc2)C(=O)Nc2ccc3nc(N4CCC(N5CCCC5)CC4)nc(C)c3c2)cc1. The number of piperidine rings is 2. The lowest BCUT2D eigenvalue weighted by molar-refractivity contribution is -0.136. The Bertz CT molecular complexity index is 2630. The zero-order chi connectivity index (χ0) is 49.6. The van der Waals surface area contributed by atoms with Gasteiger partial charge in [0.2, 0.25) is 24.1 Å². The summed E-state index contributed by atoms with van der Waals surface area (Å²) in [7, 11) is 0. The normalized spacial score (nSPS) is 18.1. The van der Waals surface area contributed by atoms with Crippen LogP contribution < -0.4 is 34.6 Å². The molecule has 4 saturated heterocycles. The first-order chi connectivity index (χ1) is 35.2. The Kier molecular flexibility index (Phi) is 15.5. The van der Waals surface area contributed by atoms with Crippen LogP contribution in [-0.4, -0.2) is 124 Å². The van der Waals surface area contributed by atoms with Gasteiger partial charge in [0.05, 0.1) is 22.4 Å². The Morgan fingerprint density at radius 1 is 0.583 bits per heavy atom. The standard InChI is InChI=1S/C56H68N10O5S/c1-4-9-39-10-14-45(15-11-39)70-51(53(67)59-40-12-20-49-47(34-40)37(2)57-55(61-49)65-30-22-42(23-31-65)63-26-5-6-27-63)52(71-46-18-16-44(17-19-46)69-36-72)54(68)60-41-13-21-50-48(35-41)38(3)58-56(62-50)66-32-24-43(25-33-66)64-28-7-8-29-64/h10-21,34-35,42-43,51-52,72H,4-9,22-33,36H2,1-3H3,(H,59,67)(H,60,68). The number of rotatable bonds is 17. The molecule has 15 nitrogen and oxygen atoms in total. The summed E-state index contributed by atoms with van der Waals surface area (Å²) in [6, 6.07) is 26.9. The Morgan fingerprint density at radius 2 is 1.00 bits per heavy atom. The van der Waals surface area contributed by atoms with Crippen LogP contribution in [0.2, 0.25) is 0 Å². The molecule has 2 amide bonds. The van der Waals surface area contributed by atoms with Gasteiger partial charge in [-0.3, -0.25) is 9.59 Å². The quantitative estimate of drug-likeness (QED) is 0.0590. The van der Waals surface area contributed by atoms with E-state index in [2.05, 4.69) is 49.8 Å². The van der Waals surface area contributed by atoms with E-state index in [0.717, 1.165) is 115 Å². The minimum Gasteiger partial charge on any atom is -0.483 e. The summed E-state index contributed by atoms with van der Waals surface area (Å²) in [4.78, 5) is 59.6. The number of anilines is 4. The second-order valence-electron chi connectivity index (χ2n) is 19.8. The predicted molar refractivity (Wildman–Crippen MR) is 288 cm³/mol. The van der Waals surface area contributed by atoms with Gasteiger partial charge in [0.1, 0.15) is 23.2 Å². The van der Waals surface area contributed by atoms with Gasteiger partial charge in [-0.15, -0.1) is 12.6 Å². The van der Waals surface area contributed by atoms with Crippen molar-refractivity contribution in [1.82, 2.24) is 29.7 Å². The fourth-order valence-corrected chi connectivity index (χ4v) is 11.1. The van der Waals surface area contributed by atoms with Gasteiger partial charge >= 0.3 is 0 Å². The number of thiol groups is 1. The number of carbonyl (C=O) groups is 2. The van der Waals surface area contributed by atoms with Crippen LogP contribution >= 0.6 is 12.6 Å². The lowest BCUT2D eigenvalue weighted by Crippen LogP contribution is -2.51. The topological polar surface area (TPSA) is 150 Å². The number of amides is 2. The van der Waals surface area contributed by atoms with Gasteiger partial charge in [0.25, 0.3) is 11.8 Å². The summed E-state index contributed by atoms with van der Waals surface area (Å²) in [6.07, 6.45) is 8.50. The second kappa shape index (κ2) is 22.7. The van der Waals surface area contributed by atoms with Gasteiger partial charge in [0.15, 0.2) is 0 Å². The molecule has 16 heteroatoms. The summed E-state index contributed by atoms with van der Waals surface area (Å²) in [6.45, 7) is 14.6. The van der Waals surface area contributed by atoms with E-state index in [1.807, 2.05) is 74.5 Å². The highest BCUT2D eigenvalue weighted by Gasteiger charge is 2.39. The van der Waals surface area contributed by atoms with Gasteiger partial charge in [-0.2, -0.15) is 0 Å². The molecule has 2 atom stereocenters. The van der Waals surface area contributed by atoms with Crippen molar-refractivity contribution in [3.63, 3.8) is 0 Å². The number of nitrogens with one attached hydrogen (secondary N) is 2. The van der Waals surface area contributed by atoms with Gasteiger partial charge in [-0.25, -0.2) is 19.9 Å². The fourth-order valence-electron chi connectivity index (χ4n) is 11.0. The molecule has 4 aliphatic heterocycles. The minimum absolute atomic E-state index is 0.187. The van der Waals surface area contributed by atoms with E-state index in [9.17, 15) is 9.59 Å². The smallest absolute Gasteiger partial charge is 0.269 e. The van der Waals surface area contributed by atoms with E-state index >= 15 is 0 Å². The minimum atomic E-state index is -1.49.